The molecule has 0 bridgehead atoms. The van der Waals surface area contributed by atoms with Gasteiger partial charge in [-0.15, -0.1) is 0 Å². The van der Waals surface area contributed by atoms with Crippen LogP contribution in [-0.4, -0.2) is 24.3 Å². The highest BCUT2D eigenvalue weighted by atomic mass is 16.7. The van der Waals surface area contributed by atoms with Crippen molar-refractivity contribution in [3.05, 3.63) is 47.8 Å². The number of hydrogen-bond donors (Lipinski definition) is 0. The Balaban J connectivity index is 1.51. The number of ether oxygens (including phenoxy) is 3. The number of cyclic esters (lactones) is 1. The Labute approximate surface area is 127 Å². The van der Waals surface area contributed by atoms with E-state index in [-0.39, 0.29) is 23.9 Å². The highest BCUT2D eigenvalue weighted by Gasteiger charge is 2.52. The number of rotatable bonds is 2. The molecule has 1 saturated carbocycles. The Kier molecular flexibility index (Phi) is 2.96. The molecule has 0 radical (unpaired) electrons. The molecule has 2 fully saturated rings. The van der Waals surface area contributed by atoms with Gasteiger partial charge < -0.3 is 14.2 Å². The van der Waals surface area contributed by atoms with E-state index in [9.17, 15) is 9.59 Å². The van der Waals surface area contributed by atoms with Gasteiger partial charge in [0.05, 0.1) is 11.8 Å². The lowest BCUT2D eigenvalue weighted by Gasteiger charge is -2.19. The zero-order valence-electron chi connectivity index (χ0n) is 12.1. The monoisotopic (exact) mass is 300 g/mol. The number of allylic oxidation sites excluding steroid dienone is 3. The fourth-order valence-electron chi connectivity index (χ4n) is 3.61. The molecule has 2 aliphatic carbocycles. The third-order valence-electron chi connectivity index (χ3n) is 4.74. The van der Waals surface area contributed by atoms with Gasteiger partial charge in [-0.3, -0.25) is 0 Å². The Morgan fingerprint density at radius 1 is 1.18 bits per heavy atom. The first-order valence-corrected chi connectivity index (χ1v) is 7.44. The molecule has 1 saturated heterocycles. The van der Waals surface area contributed by atoms with Gasteiger partial charge in [0.25, 0.3) is 6.29 Å². The zero-order chi connectivity index (χ0) is 15.3. The van der Waals surface area contributed by atoms with Gasteiger partial charge in [-0.25, -0.2) is 9.59 Å². The van der Waals surface area contributed by atoms with Crippen LogP contribution in [0.15, 0.2) is 47.8 Å². The second kappa shape index (κ2) is 4.87. The quantitative estimate of drug-likeness (QED) is 0.443. The molecule has 2 aliphatic heterocycles. The van der Waals surface area contributed by atoms with Crippen molar-refractivity contribution in [2.45, 2.75) is 25.7 Å². The lowest BCUT2D eigenvalue weighted by atomic mass is 9.91. The van der Waals surface area contributed by atoms with Crippen molar-refractivity contribution in [3.63, 3.8) is 0 Å². The van der Waals surface area contributed by atoms with Crippen LogP contribution in [0.3, 0.4) is 0 Å². The lowest BCUT2D eigenvalue weighted by molar-refractivity contribution is -0.152. The molecule has 22 heavy (non-hydrogen) atoms. The minimum Gasteiger partial charge on any atom is -0.458 e. The predicted molar refractivity (Wildman–Crippen MR) is 76.1 cm³/mol. The average Bonchev–Trinajstić information content (AvgIpc) is 3.10. The normalized spacial score (nSPS) is 40.3. The second-order valence-corrected chi connectivity index (χ2v) is 6.06. The van der Waals surface area contributed by atoms with Crippen molar-refractivity contribution in [1.29, 1.82) is 0 Å². The minimum atomic E-state index is -0.754. The first-order chi connectivity index (χ1) is 10.6. The lowest BCUT2D eigenvalue weighted by Crippen LogP contribution is -2.20. The molecule has 4 aliphatic rings. The summed E-state index contributed by atoms with van der Waals surface area (Å²) in [6.45, 7) is 1.67. The Bertz CT molecular complexity index is 654. The van der Waals surface area contributed by atoms with Gasteiger partial charge in [0.1, 0.15) is 6.10 Å². The third kappa shape index (κ3) is 2.00. The van der Waals surface area contributed by atoms with Crippen LogP contribution in [0, 0.1) is 17.8 Å². The largest absolute Gasteiger partial charge is 0.458 e. The van der Waals surface area contributed by atoms with Crippen molar-refractivity contribution in [3.8, 4) is 0 Å². The number of carbonyl (C=O) groups excluding carboxylic acids is 2. The molecule has 4 rings (SSSR count). The smallest absolute Gasteiger partial charge is 0.337 e. The van der Waals surface area contributed by atoms with Crippen LogP contribution in [0.2, 0.25) is 0 Å². The van der Waals surface area contributed by atoms with Gasteiger partial charge in [0.15, 0.2) is 0 Å². The van der Waals surface area contributed by atoms with Gasteiger partial charge in [-0.05, 0) is 19.3 Å². The van der Waals surface area contributed by atoms with Gasteiger partial charge >= 0.3 is 11.9 Å². The van der Waals surface area contributed by atoms with Crippen molar-refractivity contribution >= 4 is 11.9 Å². The summed E-state index contributed by atoms with van der Waals surface area (Å²) in [5.41, 5.74) is 1.05. The maximum Gasteiger partial charge on any atom is 0.337 e. The van der Waals surface area contributed by atoms with Crippen LogP contribution in [0.4, 0.5) is 0 Å². The van der Waals surface area contributed by atoms with E-state index < -0.39 is 12.3 Å². The number of esters is 2. The summed E-state index contributed by atoms with van der Waals surface area (Å²) in [6, 6.07) is 0. The summed E-state index contributed by atoms with van der Waals surface area (Å²) >= 11 is 0. The van der Waals surface area contributed by atoms with Crippen LogP contribution in [0.25, 0.3) is 0 Å². The Morgan fingerprint density at radius 2 is 2.00 bits per heavy atom. The summed E-state index contributed by atoms with van der Waals surface area (Å²) in [7, 11) is 0. The molecule has 5 unspecified atom stereocenters. The molecule has 114 valence electrons. The van der Waals surface area contributed by atoms with E-state index >= 15 is 0 Å². The van der Waals surface area contributed by atoms with Gasteiger partial charge in [0, 0.05) is 23.5 Å². The molecule has 2 heterocycles. The van der Waals surface area contributed by atoms with E-state index in [0.717, 1.165) is 6.42 Å². The highest BCUT2D eigenvalue weighted by molar-refractivity contribution is 5.92. The van der Waals surface area contributed by atoms with Crippen LogP contribution in [0.1, 0.15) is 13.3 Å². The summed E-state index contributed by atoms with van der Waals surface area (Å²) in [5.74, 6) is -0.0322. The molecule has 5 atom stereocenters. The minimum absolute atomic E-state index is 0.0390. The molecule has 0 amide bonds. The molecule has 0 spiro atoms. The summed E-state index contributed by atoms with van der Waals surface area (Å²) in [6.07, 6.45) is 11.3. The van der Waals surface area contributed by atoms with Crippen LogP contribution < -0.4 is 0 Å². The molecule has 0 aromatic heterocycles. The van der Waals surface area contributed by atoms with Crippen LogP contribution in [0.5, 0.6) is 0 Å². The summed E-state index contributed by atoms with van der Waals surface area (Å²) < 4.78 is 16.0. The van der Waals surface area contributed by atoms with Crippen LogP contribution >= 0.6 is 0 Å². The summed E-state index contributed by atoms with van der Waals surface area (Å²) in [4.78, 5) is 23.4. The van der Waals surface area contributed by atoms with Crippen molar-refractivity contribution in [2.75, 3.05) is 0 Å². The van der Waals surface area contributed by atoms with E-state index in [1.54, 1.807) is 13.0 Å². The topological polar surface area (TPSA) is 61.8 Å². The third-order valence-corrected chi connectivity index (χ3v) is 4.74. The Morgan fingerprint density at radius 3 is 2.77 bits per heavy atom. The van der Waals surface area contributed by atoms with E-state index in [1.165, 1.54) is 6.26 Å². The number of carbonyl (C=O) groups is 2. The summed E-state index contributed by atoms with van der Waals surface area (Å²) in [5, 5.41) is 0. The second-order valence-electron chi connectivity index (χ2n) is 6.06. The highest BCUT2D eigenvalue weighted by Crippen LogP contribution is 2.48. The fraction of sp³-hybridized carbons (Fsp3) is 0.412. The van der Waals surface area contributed by atoms with Crippen LogP contribution in [-0.2, 0) is 23.8 Å². The Hall–Kier alpha value is -2.30. The predicted octanol–water partition coefficient (Wildman–Crippen LogP) is 2.02. The van der Waals surface area contributed by atoms with E-state index in [0.29, 0.717) is 17.1 Å². The molecule has 5 heteroatoms. The first kappa shape index (κ1) is 13.4. The zero-order valence-corrected chi connectivity index (χ0v) is 12.1. The van der Waals surface area contributed by atoms with Crippen molar-refractivity contribution < 1.29 is 23.8 Å². The van der Waals surface area contributed by atoms with E-state index in [2.05, 4.69) is 12.2 Å². The molecule has 5 nitrogen and oxygen atoms in total. The SMILES string of the molecule is CC1=CC(OC=C2C(=O)OC3C2CC2C=CC=CC23)OC1=O. The van der Waals surface area contributed by atoms with E-state index in [1.807, 2.05) is 12.2 Å². The molecular formula is C17H16O5. The van der Waals surface area contributed by atoms with Crippen molar-refractivity contribution in [1.82, 2.24) is 0 Å². The van der Waals surface area contributed by atoms with Gasteiger partial charge in [0.2, 0.25) is 0 Å². The standard InChI is InChI=1S/C17H16O5/c1-9-6-14(21-16(9)18)20-8-13-12-7-10-4-2-3-5-11(10)15(12)22-17(13)19/h2-6,8,10-12,14-15H,7H2,1H3. The average molecular weight is 300 g/mol. The number of hydrogen-bond acceptors (Lipinski definition) is 5. The molecule has 0 N–H and O–H groups in total. The van der Waals surface area contributed by atoms with Gasteiger partial charge in [-0.2, -0.15) is 0 Å². The molecule has 0 aromatic carbocycles. The van der Waals surface area contributed by atoms with Crippen molar-refractivity contribution in [2.24, 2.45) is 17.8 Å². The first-order valence-electron chi connectivity index (χ1n) is 7.44. The maximum absolute atomic E-state index is 12.1. The number of fused-ring (bicyclic) bond motifs is 3. The molecule has 0 aromatic rings. The van der Waals surface area contributed by atoms with Gasteiger partial charge in [-0.1, -0.05) is 24.3 Å². The van der Waals surface area contributed by atoms with E-state index in [4.69, 9.17) is 14.2 Å². The fourth-order valence-corrected chi connectivity index (χ4v) is 3.61. The maximum atomic E-state index is 12.1. The molecular weight excluding hydrogens is 284 g/mol.